The van der Waals surface area contributed by atoms with Crippen molar-refractivity contribution in [3.8, 4) is 0 Å². The van der Waals surface area contributed by atoms with Crippen LogP contribution in [0.2, 0.25) is 0 Å². The largest absolute Gasteiger partial charge is 0.397 e. The molecule has 2 N–H and O–H groups in total. The van der Waals surface area contributed by atoms with Gasteiger partial charge in [-0.15, -0.1) is 0 Å². The molecule has 12 heavy (non-hydrogen) atoms. The summed E-state index contributed by atoms with van der Waals surface area (Å²) in [6.07, 6.45) is -2.33. The summed E-state index contributed by atoms with van der Waals surface area (Å²) < 4.78 is 24.0. The summed E-state index contributed by atoms with van der Waals surface area (Å²) in [7, 11) is 0. The van der Waals surface area contributed by atoms with Crippen molar-refractivity contribution in [1.82, 2.24) is 4.98 Å². The van der Waals surface area contributed by atoms with Gasteiger partial charge in [0.2, 0.25) is 0 Å². The second-order valence-electron chi connectivity index (χ2n) is 2.13. The lowest BCUT2D eigenvalue weighted by atomic mass is 10.3. The van der Waals surface area contributed by atoms with Crippen LogP contribution in [0, 0.1) is 0 Å². The molecule has 0 radical (unpaired) electrons. The fraction of sp³-hybridized carbons (Fsp3) is 0.143. The summed E-state index contributed by atoms with van der Waals surface area (Å²) >= 11 is 0. The third-order valence-electron chi connectivity index (χ3n) is 1.31. The third kappa shape index (κ3) is 1.55. The van der Waals surface area contributed by atoms with Crippen LogP contribution in [0.1, 0.15) is 22.6 Å². The molecule has 0 aliphatic rings. The highest BCUT2D eigenvalue weighted by Gasteiger charge is 2.10. The molecule has 0 fully saturated rings. The highest BCUT2D eigenvalue weighted by atomic mass is 19.3. The van der Waals surface area contributed by atoms with Crippen LogP contribution in [-0.4, -0.2) is 11.3 Å². The Labute approximate surface area is 67.2 Å². The van der Waals surface area contributed by atoms with Gasteiger partial charge in [0.25, 0.3) is 6.43 Å². The maximum absolute atomic E-state index is 12.0. The molecule has 0 saturated carbocycles. The van der Waals surface area contributed by atoms with Crippen LogP contribution in [0.25, 0.3) is 0 Å². The van der Waals surface area contributed by atoms with Crippen molar-refractivity contribution in [2.24, 2.45) is 0 Å². The first kappa shape index (κ1) is 8.58. The molecule has 0 unspecified atom stereocenters. The number of rotatable bonds is 2. The normalized spacial score (nSPS) is 10.2. The van der Waals surface area contributed by atoms with E-state index in [9.17, 15) is 13.6 Å². The first-order chi connectivity index (χ1) is 5.65. The fourth-order valence-corrected chi connectivity index (χ4v) is 0.717. The molecular formula is C7H6F2N2O. The average Bonchev–Trinajstić information content (AvgIpc) is 2.05. The Morgan fingerprint density at radius 2 is 2.17 bits per heavy atom. The van der Waals surface area contributed by atoms with E-state index < -0.39 is 12.1 Å². The first-order valence-electron chi connectivity index (χ1n) is 3.15. The van der Waals surface area contributed by atoms with Crippen LogP contribution in [0.15, 0.2) is 12.1 Å². The van der Waals surface area contributed by atoms with Gasteiger partial charge in [0.15, 0.2) is 6.29 Å². The van der Waals surface area contributed by atoms with Crippen LogP contribution >= 0.6 is 0 Å². The number of pyridine rings is 1. The van der Waals surface area contributed by atoms with Gasteiger partial charge in [-0.3, -0.25) is 4.79 Å². The van der Waals surface area contributed by atoms with Crippen molar-refractivity contribution in [2.75, 3.05) is 5.73 Å². The Morgan fingerprint density at radius 3 is 2.67 bits per heavy atom. The number of anilines is 1. The quantitative estimate of drug-likeness (QED) is 0.686. The predicted octanol–water partition coefficient (Wildman–Crippen LogP) is 1.41. The highest BCUT2D eigenvalue weighted by Crippen LogP contribution is 2.18. The Hall–Kier alpha value is -1.52. The molecule has 0 bridgehead atoms. The molecule has 0 aliphatic heterocycles. The van der Waals surface area contributed by atoms with E-state index >= 15 is 0 Å². The van der Waals surface area contributed by atoms with Gasteiger partial charge in [-0.1, -0.05) is 0 Å². The third-order valence-corrected chi connectivity index (χ3v) is 1.31. The van der Waals surface area contributed by atoms with Crippen LogP contribution in [-0.2, 0) is 0 Å². The molecule has 0 amide bonds. The molecule has 0 aliphatic carbocycles. The number of nitrogens with two attached hydrogens (primary N) is 1. The number of nitrogens with zero attached hydrogens (tertiary/aromatic N) is 1. The molecule has 0 spiro atoms. The van der Waals surface area contributed by atoms with E-state index in [0.717, 1.165) is 6.07 Å². The SMILES string of the molecule is Nc1ccc(C(F)F)nc1C=O. The van der Waals surface area contributed by atoms with E-state index in [0.29, 0.717) is 6.29 Å². The van der Waals surface area contributed by atoms with Crippen LogP contribution in [0.5, 0.6) is 0 Å². The number of halogens is 2. The van der Waals surface area contributed by atoms with E-state index in [1.165, 1.54) is 6.07 Å². The Kier molecular flexibility index (Phi) is 2.32. The predicted molar refractivity (Wildman–Crippen MR) is 39.0 cm³/mol. The Morgan fingerprint density at radius 1 is 1.50 bits per heavy atom. The number of nitrogen functional groups attached to an aromatic ring is 1. The average molecular weight is 172 g/mol. The molecule has 64 valence electrons. The molecule has 1 heterocycles. The number of carbonyl (C=O) groups excluding carboxylic acids is 1. The van der Waals surface area contributed by atoms with Crippen molar-refractivity contribution in [3.05, 3.63) is 23.5 Å². The zero-order chi connectivity index (χ0) is 9.14. The summed E-state index contributed by atoms with van der Waals surface area (Å²) in [6.45, 7) is 0. The van der Waals surface area contributed by atoms with Crippen molar-refractivity contribution in [1.29, 1.82) is 0 Å². The van der Waals surface area contributed by atoms with E-state index in [1.54, 1.807) is 0 Å². The molecule has 1 rings (SSSR count). The van der Waals surface area contributed by atoms with Crippen molar-refractivity contribution in [2.45, 2.75) is 6.43 Å². The molecule has 0 atom stereocenters. The van der Waals surface area contributed by atoms with Gasteiger partial charge in [-0.05, 0) is 12.1 Å². The maximum atomic E-state index is 12.0. The molecule has 1 aromatic rings. The van der Waals surface area contributed by atoms with E-state index in [4.69, 9.17) is 5.73 Å². The number of aromatic nitrogens is 1. The van der Waals surface area contributed by atoms with Gasteiger partial charge in [0.1, 0.15) is 11.4 Å². The summed E-state index contributed by atoms with van der Waals surface area (Å²) in [4.78, 5) is 13.6. The second kappa shape index (κ2) is 3.25. The minimum atomic E-state index is -2.68. The van der Waals surface area contributed by atoms with Crippen LogP contribution < -0.4 is 5.73 Å². The number of alkyl halides is 2. The van der Waals surface area contributed by atoms with Gasteiger partial charge in [0, 0.05) is 0 Å². The molecule has 0 aromatic carbocycles. The van der Waals surface area contributed by atoms with Gasteiger partial charge >= 0.3 is 0 Å². The van der Waals surface area contributed by atoms with Crippen molar-refractivity contribution in [3.63, 3.8) is 0 Å². The van der Waals surface area contributed by atoms with Gasteiger partial charge in [-0.2, -0.15) is 0 Å². The van der Waals surface area contributed by atoms with Gasteiger partial charge < -0.3 is 5.73 Å². The van der Waals surface area contributed by atoms with E-state index in [-0.39, 0.29) is 11.4 Å². The Balaban J connectivity index is 3.13. The summed E-state index contributed by atoms with van der Waals surface area (Å²) in [5, 5.41) is 0. The zero-order valence-corrected chi connectivity index (χ0v) is 6.00. The minimum absolute atomic E-state index is 0.106. The van der Waals surface area contributed by atoms with Crippen LogP contribution in [0.4, 0.5) is 14.5 Å². The maximum Gasteiger partial charge on any atom is 0.280 e. The fourth-order valence-electron chi connectivity index (χ4n) is 0.717. The van der Waals surface area contributed by atoms with E-state index in [2.05, 4.69) is 4.98 Å². The second-order valence-corrected chi connectivity index (χ2v) is 2.13. The summed E-state index contributed by atoms with van der Waals surface area (Å²) in [5.41, 5.74) is 4.78. The van der Waals surface area contributed by atoms with E-state index in [1.807, 2.05) is 0 Å². The van der Waals surface area contributed by atoms with Gasteiger partial charge in [0.05, 0.1) is 5.69 Å². The topological polar surface area (TPSA) is 56.0 Å². The van der Waals surface area contributed by atoms with Crippen molar-refractivity contribution < 1.29 is 13.6 Å². The van der Waals surface area contributed by atoms with Crippen molar-refractivity contribution >= 4 is 12.0 Å². The van der Waals surface area contributed by atoms with Gasteiger partial charge in [-0.25, -0.2) is 13.8 Å². The molecule has 5 heteroatoms. The molecular weight excluding hydrogens is 166 g/mol. The molecule has 3 nitrogen and oxygen atoms in total. The molecule has 1 aromatic heterocycles. The lowest BCUT2D eigenvalue weighted by Gasteiger charge is -2.00. The smallest absolute Gasteiger partial charge is 0.280 e. The number of aldehydes is 1. The lowest BCUT2D eigenvalue weighted by molar-refractivity contribution is 0.111. The number of hydrogen-bond acceptors (Lipinski definition) is 3. The number of hydrogen-bond donors (Lipinski definition) is 1. The zero-order valence-electron chi connectivity index (χ0n) is 6.00. The number of carbonyl (C=O) groups is 1. The van der Waals surface area contributed by atoms with Crippen LogP contribution in [0.3, 0.4) is 0 Å². The molecule has 0 saturated heterocycles. The lowest BCUT2D eigenvalue weighted by Crippen LogP contribution is -2.00. The monoisotopic (exact) mass is 172 g/mol. The summed E-state index contributed by atoms with van der Waals surface area (Å²) in [6, 6.07) is 2.32. The Bertz CT molecular complexity index is 301. The standard InChI is InChI=1S/C7H6F2N2O/c8-7(9)5-2-1-4(10)6(3-12)11-5/h1-3,7H,10H2. The highest BCUT2D eigenvalue weighted by molar-refractivity contribution is 5.80. The first-order valence-corrected chi connectivity index (χ1v) is 3.15. The summed E-state index contributed by atoms with van der Waals surface area (Å²) in [5.74, 6) is 0. The minimum Gasteiger partial charge on any atom is -0.397 e.